The molecule has 0 saturated heterocycles. The lowest BCUT2D eigenvalue weighted by Gasteiger charge is -2.36. The number of aromatic nitrogens is 2. The molecule has 0 radical (unpaired) electrons. The SMILES string of the molecule is CC(C)c1cnc2n1CC(C)(C(C)O)CCCC2. The van der Waals surface area contributed by atoms with E-state index in [9.17, 15) is 5.11 Å². The topological polar surface area (TPSA) is 38.0 Å². The molecular weight excluding hydrogens is 224 g/mol. The van der Waals surface area contributed by atoms with Gasteiger partial charge in [-0.05, 0) is 25.7 Å². The number of aryl methyl sites for hydroxylation is 1. The van der Waals surface area contributed by atoms with E-state index in [2.05, 4.69) is 30.3 Å². The van der Waals surface area contributed by atoms with Crippen LogP contribution < -0.4 is 0 Å². The summed E-state index contributed by atoms with van der Waals surface area (Å²) < 4.78 is 2.36. The summed E-state index contributed by atoms with van der Waals surface area (Å²) >= 11 is 0. The van der Waals surface area contributed by atoms with E-state index in [4.69, 9.17) is 0 Å². The zero-order chi connectivity index (χ0) is 13.3. The maximum absolute atomic E-state index is 10.1. The highest BCUT2D eigenvalue weighted by atomic mass is 16.3. The Morgan fingerprint density at radius 3 is 2.67 bits per heavy atom. The summed E-state index contributed by atoms with van der Waals surface area (Å²) in [6.45, 7) is 9.45. The van der Waals surface area contributed by atoms with Gasteiger partial charge in [0.2, 0.25) is 0 Å². The minimum atomic E-state index is -0.272. The van der Waals surface area contributed by atoms with Gasteiger partial charge in [-0.2, -0.15) is 0 Å². The summed E-state index contributed by atoms with van der Waals surface area (Å²) in [5, 5.41) is 10.1. The number of hydrogen-bond donors (Lipinski definition) is 1. The van der Waals surface area contributed by atoms with Gasteiger partial charge >= 0.3 is 0 Å². The van der Waals surface area contributed by atoms with E-state index in [0.717, 1.165) is 19.4 Å². The van der Waals surface area contributed by atoms with Gasteiger partial charge in [0, 0.05) is 30.3 Å². The summed E-state index contributed by atoms with van der Waals surface area (Å²) in [6.07, 6.45) is 6.28. The third-order valence-corrected chi connectivity index (χ3v) is 4.49. The van der Waals surface area contributed by atoms with Gasteiger partial charge in [0.25, 0.3) is 0 Å². The molecule has 0 aliphatic carbocycles. The van der Waals surface area contributed by atoms with Crippen LogP contribution in [0.1, 0.15) is 64.4 Å². The highest BCUT2D eigenvalue weighted by molar-refractivity contribution is 5.11. The molecule has 2 unspecified atom stereocenters. The van der Waals surface area contributed by atoms with Gasteiger partial charge in [0.15, 0.2) is 0 Å². The summed E-state index contributed by atoms with van der Waals surface area (Å²) in [6, 6.07) is 0. The number of nitrogens with zero attached hydrogens (tertiary/aromatic N) is 2. The predicted octanol–water partition coefficient (Wildman–Crippen LogP) is 3.12. The van der Waals surface area contributed by atoms with E-state index in [0.29, 0.717) is 5.92 Å². The largest absolute Gasteiger partial charge is 0.393 e. The van der Waals surface area contributed by atoms with E-state index in [1.165, 1.54) is 24.4 Å². The molecule has 3 heteroatoms. The van der Waals surface area contributed by atoms with Crippen molar-refractivity contribution >= 4 is 0 Å². The highest BCUT2D eigenvalue weighted by Crippen LogP contribution is 2.34. The summed E-state index contributed by atoms with van der Waals surface area (Å²) in [7, 11) is 0. The van der Waals surface area contributed by atoms with Crippen molar-refractivity contribution in [1.29, 1.82) is 0 Å². The van der Waals surface area contributed by atoms with Gasteiger partial charge in [-0.25, -0.2) is 4.98 Å². The number of imidazole rings is 1. The quantitative estimate of drug-likeness (QED) is 0.875. The minimum Gasteiger partial charge on any atom is -0.393 e. The standard InChI is InChI=1S/C15H26N2O/c1-11(2)13-9-16-14-7-5-6-8-15(4,12(3)18)10-17(13)14/h9,11-12,18H,5-8,10H2,1-4H3. The molecule has 0 amide bonds. The van der Waals surface area contributed by atoms with Crippen LogP contribution >= 0.6 is 0 Å². The lowest BCUT2D eigenvalue weighted by molar-refractivity contribution is 0.0265. The van der Waals surface area contributed by atoms with E-state index in [-0.39, 0.29) is 11.5 Å². The van der Waals surface area contributed by atoms with Gasteiger partial charge in [0.1, 0.15) is 5.82 Å². The monoisotopic (exact) mass is 250 g/mol. The first-order chi connectivity index (χ1) is 8.44. The van der Waals surface area contributed by atoms with Crippen LogP contribution in [0.2, 0.25) is 0 Å². The molecule has 102 valence electrons. The van der Waals surface area contributed by atoms with Gasteiger partial charge in [-0.3, -0.25) is 0 Å². The van der Waals surface area contributed by atoms with Gasteiger partial charge < -0.3 is 9.67 Å². The molecule has 3 nitrogen and oxygen atoms in total. The molecule has 1 N–H and O–H groups in total. The van der Waals surface area contributed by atoms with Crippen LogP contribution in [0.4, 0.5) is 0 Å². The highest BCUT2D eigenvalue weighted by Gasteiger charge is 2.33. The Labute approximate surface area is 110 Å². The summed E-state index contributed by atoms with van der Waals surface area (Å²) in [5.74, 6) is 1.69. The Morgan fingerprint density at radius 1 is 1.33 bits per heavy atom. The lowest BCUT2D eigenvalue weighted by Crippen LogP contribution is -2.36. The van der Waals surface area contributed by atoms with Crippen LogP contribution in [-0.2, 0) is 13.0 Å². The second kappa shape index (κ2) is 5.04. The molecule has 0 spiro atoms. The fourth-order valence-corrected chi connectivity index (χ4v) is 2.87. The normalized spacial score (nSPS) is 26.6. The third kappa shape index (κ3) is 2.46. The maximum Gasteiger partial charge on any atom is 0.108 e. The second-order valence-electron chi connectivity index (χ2n) is 6.38. The minimum absolute atomic E-state index is 0.0283. The molecule has 2 heterocycles. The zero-order valence-corrected chi connectivity index (χ0v) is 12.1. The van der Waals surface area contributed by atoms with E-state index in [1.807, 2.05) is 13.1 Å². The van der Waals surface area contributed by atoms with Crippen LogP contribution in [0.5, 0.6) is 0 Å². The fourth-order valence-electron chi connectivity index (χ4n) is 2.87. The van der Waals surface area contributed by atoms with Gasteiger partial charge in [-0.15, -0.1) is 0 Å². The van der Waals surface area contributed by atoms with Crippen molar-refractivity contribution in [3.8, 4) is 0 Å². The first-order valence-electron chi connectivity index (χ1n) is 7.16. The van der Waals surface area contributed by atoms with Crippen molar-refractivity contribution in [2.75, 3.05) is 0 Å². The molecule has 1 aromatic heterocycles. The molecule has 0 aromatic carbocycles. The van der Waals surface area contributed by atoms with Crippen molar-refractivity contribution in [1.82, 2.24) is 9.55 Å². The first-order valence-corrected chi connectivity index (χ1v) is 7.16. The molecule has 0 saturated carbocycles. The van der Waals surface area contributed by atoms with Crippen LogP contribution in [0, 0.1) is 5.41 Å². The Hall–Kier alpha value is -0.830. The summed E-state index contributed by atoms with van der Waals surface area (Å²) in [4.78, 5) is 4.59. The Morgan fingerprint density at radius 2 is 2.06 bits per heavy atom. The van der Waals surface area contributed by atoms with Crippen molar-refractivity contribution in [2.24, 2.45) is 5.41 Å². The molecule has 2 atom stereocenters. The van der Waals surface area contributed by atoms with Crippen molar-refractivity contribution in [2.45, 2.75) is 71.9 Å². The van der Waals surface area contributed by atoms with Crippen LogP contribution in [-0.4, -0.2) is 20.8 Å². The Kier molecular flexibility index (Phi) is 3.81. The molecule has 2 rings (SSSR count). The smallest absolute Gasteiger partial charge is 0.108 e. The van der Waals surface area contributed by atoms with Crippen LogP contribution in [0.3, 0.4) is 0 Å². The number of fused-ring (bicyclic) bond motifs is 1. The third-order valence-electron chi connectivity index (χ3n) is 4.49. The lowest BCUT2D eigenvalue weighted by atomic mass is 9.79. The Bertz CT molecular complexity index is 409. The number of rotatable bonds is 2. The summed E-state index contributed by atoms with van der Waals surface area (Å²) in [5.41, 5.74) is 1.28. The van der Waals surface area contributed by atoms with Crippen LogP contribution in [0.25, 0.3) is 0 Å². The molecule has 1 aromatic rings. The van der Waals surface area contributed by atoms with Gasteiger partial charge in [-0.1, -0.05) is 27.2 Å². The molecular formula is C15H26N2O. The van der Waals surface area contributed by atoms with Crippen molar-refractivity contribution in [3.05, 3.63) is 17.7 Å². The molecule has 1 aliphatic heterocycles. The van der Waals surface area contributed by atoms with Crippen LogP contribution in [0.15, 0.2) is 6.20 Å². The number of aliphatic hydroxyl groups excluding tert-OH is 1. The maximum atomic E-state index is 10.1. The van der Waals surface area contributed by atoms with Crippen molar-refractivity contribution < 1.29 is 5.11 Å². The average Bonchev–Trinajstić information content (AvgIpc) is 2.64. The Balaban J connectivity index is 2.39. The molecule has 0 fully saturated rings. The average molecular weight is 250 g/mol. The molecule has 18 heavy (non-hydrogen) atoms. The van der Waals surface area contributed by atoms with E-state index in [1.54, 1.807) is 0 Å². The van der Waals surface area contributed by atoms with E-state index < -0.39 is 0 Å². The number of hydrogen-bond acceptors (Lipinski definition) is 2. The first kappa shape index (κ1) is 13.6. The molecule has 1 aliphatic rings. The predicted molar refractivity (Wildman–Crippen MR) is 73.7 cm³/mol. The fraction of sp³-hybridized carbons (Fsp3) is 0.800. The van der Waals surface area contributed by atoms with Crippen molar-refractivity contribution in [3.63, 3.8) is 0 Å². The zero-order valence-electron chi connectivity index (χ0n) is 12.1. The van der Waals surface area contributed by atoms with E-state index >= 15 is 0 Å². The number of aliphatic hydroxyl groups is 1. The molecule has 0 bridgehead atoms. The van der Waals surface area contributed by atoms with Gasteiger partial charge in [0.05, 0.1) is 6.10 Å². The second-order valence-corrected chi connectivity index (χ2v) is 6.38.